The maximum atomic E-state index is 6.46. The van der Waals surface area contributed by atoms with Gasteiger partial charge < -0.3 is 0 Å². The van der Waals surface area contributed by atoms with Crippen molar-refractivity contribution in [2.24, 2.45) is 0 Å². The highest BCUT2D eigenvalue weighted by Crippen LogP contribution is 2.33. The number of rotatable bonds is 3. The van der Waals surface area contributed by atoms with Gasteiger partial charge in [-0.3, -0.25) is 4.40 Å². The molecule has 0 fully saturated rings. The third-order valence-corrected chi connectivity index (χ3v) is 10.5. The molecule has 0 saturated carbocycles. The van der Waals surface area contributed by atoms with Crippen LogP contribution in [0.2, 0.25) is 13.1 Å². The van der Waals surface area contributed by atoms with Gasteiger partial charge in [0.25, 0.3) is 0 Å². The topological polar surface area (TPSA) is 48.0 Å². The molecular formula is C24H20ClN5Si. The molecule has 152 valence electrons. The number of fused-ring (bicyclic) bond motifs is 7. The zero-order chi connectivity index (χ0) is 21.2. The predicted molar refractivity (Wildman–Crippen MR) is 130 cm³/mol. The molecule has 6 rings (SSSR count). The van der Waals surface area contributed by atoms with Crippen molar-refractivity contribution in [3.05, 3.63) is 72.9 Å². The molecule has 6 aromatic rings. The largest absolute Gasteiger partial charge is 0.298 e. The predicted octanol–water partition coefficient (Wildman–Crippen LogP) is 5.07. The monoisotopic (exact) mass is 441 g/mol. The molecule has 5 nitrogen and oxygen atoms in total. The van der Waals surface area contributed by atoms with E-state index < -0.39 is 8.07 Å². The Balaban J connectivity index is 1.87. The number of aromatic nitrogens is 5. The van der Waals surface area contributed by atoms with Crippen LogP contribution in [-0.2, 0) is 0 Å². The molecule has 7 heteroatoms. The number of hydrogen-bond donors (Lipinski definition) is 0. The minimum Gasteiger partial charge on any atom is -0.298 e. The van der Waals surface area contributed by atoms with Gasteiger partial charge >= 0.3 is 0 Å². The second kappa shape index (κ2) is 6.64. The Morgan fingerprint density at radius 2 is 1.61 bits per heavy atom. The summed E-state index contributed by atoms with van der Waals surface area (Å²) in [5.74, 6) is 0. The summed E-state index contributed by atoms with van der Waals surface area (Å²) in [7, 11) is -1.91. The van der Waals surface area contributed by atoms with Crippen LogP contribution >= 0.6 is 11.6 Å². The van der Waals surface area contributed by atoms with Crippen LogP contribution < -0.4 is 5.32 Å². The van der Waals surface area contributed by atoms with Gasteiger partial charge in [0.1, 0.15) is 19.2 Å². The lowest BCUT2D eigenvalue weighted by Crippen LogP contribution is -2.46. The Labute approximate surface area is 184 Å². The van der Waals surface area contributed by atoms with Gasteiger partial charge in [-0.15, -0.1) is 16.7 Å². The van der Waals surface area contributed by atoms with Crippen molar-refractivity contribution < 1.29 is 0 Å². The molecule has 0 aliphatic carbocycles. The number of pyridine rings is 1. The first kappa shape index (κ1) is 18.5. The van der Waals surface area contributed by atoms with E-state index in [1.54, 1.807) is 0 Å². The molecular weight excluding hydrogens is 422 g/mol. The van der Waals surface area contributed by atoms with Crippen LogP contribution in [-0.4, -0.2) is 38.0 Å². The normalized spacial score (nSPS) is 12.5. The maximum Gasteiger partial charge on any atom is 0.145 e. The highest BCUT2D eigenvalue weighted by Gasteiger charge is 2.28. The third kappa shape index (κ3) is 2.58. The lowest BCUT2D eigenvalue weighted by Gasteiger charge is -2.21. The van der Waals surface area contributed by atoms with Crippen molar-refractivity contribution in [2.75, 3.05) is 5.50 Å². The van der Waals surface area contributed by atoms with E-state index in [4.69, 9.17) is 16.6 Å². The van der Waals surface area contributed by atoms with Gasteiger partial charge in [0, 0.05) is 27.8 Å². The number of benzene rings is 3. The number of hydrogen-bond acceptors (Lipinski definition) is 3. The van der Waals surface area contributed by atoms with E-state index in [9.17, 15) is 0 Å². The lowest BCUT2D eigenvalue weighted by molar-refractivity contribution is 0.826. The third-order valence-electron chi connectivity index (χ3n) is 6.07. The van der Waals surface area contributed by atoms with E-state index in [-0.39, 0.29) is 0 Å². The average Bonchev–Trinajstić information content (AvgIpc) is 3.44. The Kier molecular flexibility index (Phi) is 3.97. The zero-order valence-electron chi connectivity index (χ0n) is 17.2. The van der Waals surface area contributed by atoms with Crippen molar-refractivity contribution in [3.8, 4) is 5.69 Å². The summed E-state index contributed by atoms with van der Waals surface area (Å²) < 4.78 is 4.25. The lowest BCUT2D eigenvalue weighted by atomic mass is 10.0. The van der Waals surface area contributed by atoms with Gasteiger partial charge in [-0.1, -0.05) is 66.8 Å². The highest BCUT2D eigenvalue weighted by atomic mass is 35.5. The van der Waals surface area contributed by atoms with Crippen LogP contribution in [0.5, 0.6) is 0 Å². The summed E-state index contributed by atoms with van der Waals surface area (Å²) in [6, 6.07) is 22.9. The summed E-state index contributed by atoms with van der Waals surface area (Å²) in [5.41, 5.74) is 5.51. The summed E-state index contributed by atoms with van der Waals surface area (Å²) in [6.07, 6.45) is 2.02. The maximum absolute atomic E-state index is 6.46. The summed E-state index contributed by atoms with van der Waals surface area (Å²) in [4.78, 5) is 4.89. The molecule has 3 aromatic carbocycles. The minimum atomic E-state index is -1.91. The fourth-order valence-corrected chi connectivity index (χ4v) is 6.21. The number of imidazole rings is 1. The van der Waals surface area contributed by atoms with E-state index in [2.05, 4.69) is 76.3 Å². The first-order valence-corrected chi connectivity index (χ1v) is 14.0. The standard InChI is InChI=1S/C24H20ClN5Si/c1-31(2,15-25)22-14-26-24-18-9-4-3-8-16(18)17-10-7-13-21(23(17)29(22)24)30-20-12-6-5-11-19(20)27-28-30/h3-14H,15H2,1-2H3. The second-order valence-corrected chi connectivity index (χ2v) is 13.9. The second-order valence-electron chi connectivity index (χ2n) is 8.53. The van der Waals surface area contributed by atoms with Crippen LogP contribution in [0.3, 0.4) is 0 Å². The molecule has 0 unspecified atom stereocenters. The first-order valence-electron chi connectivity index (χ1n) is 10.3. The Bertz CT molecular complexity index is 1610. The minimum absolute atomic E-state index is 0.629. The van der Waals surface area contributed by atoms with Crippen molar-refractivity contribution in [2.45, 2.75) is 13.1 Å². The SMILES string of the molecule is C[Si](C)(CCl)c1cnc2c3ccccc3c3cccc(-n4nnc5ccccc54)c3n12. The molecule has 0 radical (unpaired) electrons. The van der Waals surface area contributed by atoms with Gasteiger partial charge in [0.05, 0.1) is 16.7 Å². The molecule has 0 bridgehead atoms. The smallest absolute Gasteiger partial charge is 0.145 e. The van der Waals surface area contributed by atoms with E-state index >= 15 is 0 Å². The Hall–Kier alpha value is -3.22. The number of nitrogens with zero attached hydrogens (tertiary/aromatic N) is 5. The molecule has 0 aliphatic rings. The molecule has 0 amide bonds. The van der Waals surface area contributed by atoms with Crippen LogP contribution in [0.25, 0.3) is 44.0 Å². The molecule has 0 spiro atoms. The molecule has 3 heterocycles. The number of alkyl halides is 1. The van der Waals surface area contributed by atoms with E-state index in [1.807, 2.05) is 29.1 Å². The van der Waals surface area contributed by atoms with Crippen LogP contribution in [0, 0.1) is 0 Å². The Morgan fingerprint density at radius 1 is 0.871 bits per heavy atom. The van der Waals surface area contributed by atoms with E-state index in [1.165, 1.54) is 16.1 Å². The fraction of sp³-hybridized carbons (Fsp3) is 0.125. The first-order chi connectivity index (χ1) is 15.1. The molecule has 0 atom stereocenters. The van der Waals surface area contributed by atoms with Gasteiger partial charge in [-0.2, -0.15) is 0 Å². The molecule has 0 aliphatic heterocycles. The molecule has 31 heavy (non-hydrogen) atoms. The molecule has 3 aromatic heterocycles. The summed E-state index contributed by atoms with van der Waals surface area (Å²) in [5, 5.41) is 13.6. The van der Waals surface area contributed by atoms with Crippen LogP contribution in [0.1, 0.15) is 0 Å². The van der Waals surface area contributed by atoms with Crippen molar-refractivity contribution in [1.29, 1.82) is 0 Å². The average molecular weight is 442 g/mol. The van der Waals surface area contributed by atoms with Gasteiger partial charge in [-0.25, -0.2) is 9.67 Å². The summed E-state index contributed by atoms with van der Waals surface area (Å²) in [6.45, 7) is 4.58. The zero-order valence-corrected chi connectivity index (χ0v) is 19.0. The number of halogens is 1. The van der Waals surface area contributed by atoms with Gasteiger partial charge in [-0.05, 0) is 23.6 Å². The van der Waals surface area contributed by atoms with Crippen molar-refractivity contribution in [3.63, 3.8) is 0 Å². The summed E-state index contributed by atoms with van der Waals surface area (Å²) >= 11 is 6.46. The quantitative estimate of drug-likeness (QED) is 0.219. The fourth-order valence-electron chi connectivity index (χ4n) is 4.43. The van der Waals surface area contributed by atoms with Gasteiger partial charge in [0.2, 0.25) is 0 Å². The molecule has 0 N–H and O–H groups in total. The van der Waals surface area contributed by atoms with Crippen molar-refractivity contribution >= 4 is 63.3 Å². The Morgan fingerprint density at radius 3 is 2.45 bits per heavy atom. The highest BCUT2D eigenvalue weighted by molar-refractivity contribution is 6.93. The number of para-hydroxylation sites is 2. The van der Waals surface area contributed by atoms with Gasteiger partial charge in [0.15, 0.2) is 0 Å². The van der Waals surface area contributed by atoms with Crippen molar-refractivity contribution in [1.82, 2.24) is 24.4 Å². The van der Waals surface area contributed by atoms with Crippen LogP contribution in [0.4, 0.5) is 0 Å². The van der Waals surface area contributed by atoms with E-state index in [0.717, 1.165) is 33.3 Å². The van der Waals surface area contributed by atoms with E-state index in [0.29, 0.717) is 5.50 Å². The van der Waals surface area contributed by atoms with Crippen LogP contribution in [0.15, 0.2) is 72.9 Å². The molecule has 0 saturated heterocycles.